The molecule has 4 aromatic carbocycles. The number of halogens is 2. The lowest BCUT2D eigenvalue weighted by Gasteiger charge is -2.48. The van der Waals surface area contributed by atoms with Gasteiger partial charge in [0.15, 0.2) is 0 Å². The van der Waals surface area contributed by atoms with Gasteiger partial charge < -0.3 is 0 Å². The average molecular weight is 540 g/mol. The highest BCUT2D eigenvalue weighted by Gasteiger charge is 2.43. The number of piperidine rings is 1. The first kappa shape index (κ1) is 26.5. The van der Waals surface area contributed by atoms with Crippen molar-refractivity contribution >= 4 is 23.2 Å². The predicted octanol–water partition coefficient (Wildman–Crippen LogP) is 9.08. The minimum atomic E-state index is -0.357. The Balaban J connectivity index is 1.39. The van der Waals surface area contributed by atoms with E-state index < -0.39 is 0 Å². The van der Waals surface area contributed by atoms with Gasteiger partial charge in [-0.25, -0.2) is 0 Å². The highest BCUT2D eigenvalue weighted by Crippen LogP contribution is 2.44. The van der Waals surface area contributed by atoms with Crippen LogP contribution in [0.15, 0.2) is 109 Å². The van der Waals surface area contributed by atoms with Crippen molar-refractivity contribution in [3.63, 3.8) is 0 Å². The van der Waals surface area contributed by atoms with Crippen molar-refractivity contribution < 1.29 is 0 Å². The number of nitrogens with zero attached hydrogens (tertiary/aromatic N) is 2. The molecule has 0 aromatic heterocycles. The summed E-state index contributed by atoms with van der Waals surface area (Å²) in [7, 11) is 0. The standard InChI is InChI=1S/C34H32Cl2N2/c35-32-19-18-27(24-33(32)36)28(25-37)17-16-26-20-22-38(23-21-26)34(29-10-4-1-5-11-29,30-12-6-2-7-13-30)31-14-8-3-9-15-31/h1-15,18-19,24,26,28H,16-17,20-23H2. The zero-order valence-electron chi connectivity index (χ0n) is 21.4. The monoisotopic (exact) mass is 538 g/mol. The van der Waals surface area contributed by atoms with Crippen LogP contribution in [0.1, 0.15) is 53.9 Å². The molecule has 0 amide bonds. The Hall–Kier alpha value is -3.09. The Bertz CT molecular complexity index is 1260. The number of hydrogen-bond donors (Lipinski definition) is 0. The molecule has 0 saturated carbocycles. The van der Waals surface area contributed by atoms with E-state index in [9.17, 15) is 5.26 Å². The summed E-state index contributed by atoms with van der Waals surface area (Å²) in [5.74, 6) is 0.421. The second-order valence-corrected chi connectivity index (χ2v) is 11.0. The van der Waals surface area contributed by atoms with Gasteiger partial charge >= 0.3 is 0 Å². The molecule has 4 heteroatoms. The molecule has 1 saturated heterocycles. The first-order valence-corrected chi connectivity index (χ1v) is 14.1. The summed E-state index contributed by atoms with van der Waals surface area (Å²) in [4.78, 5) is 2.67. The molecule has 0 bridgehead atoms. The van der Waals surface area contributed by atoms with E-state index in [0.717, 1.165) is 44.3 Å². The average Bonchev–Trinajstić information content (AvgIpc) is 2.98. The minimum absolute atomic E-state index is 0.167. The molecule has 0 N–H and O–H groups in total. The van der Waals surface area contributed by atoms with Crippen molar-refractivity contribution in [1.82, 2.24) is 4.90 Å². The Morgan fingerprint density at radius 2 is 1.24 bits per heavy atom. The molecular formula is C34H32Cl2N2. The van der Waals surface area contributed by atoms with Gasteiger partial charge in [-0.15, -0.1) is 0 Å². The second kappa shape index (κ2) is 12.2. The molecular weight excluding hydrogens is 507 g/mol. The predicted molar refractivity (Wildman–Crippen MR) is 158 cm³/mol. The topological polar surface area (TPSA) is 27.0 Å². The van der Waals surface area contributed by atoms with Crippen LogP contribution in [0.2, 0.25) is 10.0 Å². The van der Waals surface area contributed by atoms with Gasteiger partial charge in [-0.3, -0.25) is 4.90 Å². The lowest BCUT2D eigenvalue weighted by atomic mass is 9.74. The van der Waals surface area contributed by atoms with Gasteiger partial charge in [0.1, 0.15) is 0 Å². The summed E-state index contributed by atoms with van der Waals surface area (Å²) < 4.78 is 0. The first-order valence-electron chi connectivity index (χ1n) is 13.4. The highest BCUT2D eigenvalue weighted by molar-refractivity contribution is 6.42. The van der Waals surface area contributed by atoms with Gasteiger partial charge in [0, 0.05) is 0 Å². The lowest BCUT2D eigenvalue weighted by molar-refractivity contribution is 0.0983. The van der Waals surface area contributed by atoms with Crippen LogP contribution in [0.3, 0.4) is 0 Å². The molecule has 2 nitrogen and oxygen atoms in total. The van der Waals surface area contributed by atoms with Crippen LogP contribution in [0.4, 0.5) is 0 Å². The van der Waals surface area contributed by atoms with Gasteiger partial charge in [0.2, 0.25) is 0 Å². The zero-order chi connectivity index (χ0) is 26.4. The maximum Gasteiger partial charge on any atom is 0.0972 e. The summed E-state index contributed by atoms with van der Waals surface area (Å²) in [6.45, 7) is 1.99. The summed E-state index contributed by atoms with van der Waals surface area (Å²) in [5.41, 5.74) is 4.47. The molecule has 0 radical (unpaired) electrons. The van der Waals surface area contributed by atoms with E-state index in [0.29, 0.717) is 16.0 Å². The normalized spacial score (nSPS) is 15.6. The van der Waals surface area contributed by atoms with Crippen molar-refractivity contribution in [3.05, 3.63) is 141 Å². The molecule has 5 rings (SSSR count). The number of likely N-dealkylation sites (tertiary alicyclic amines) is 1. The third kappa shape index (κ3) is 5.38. The van der Waals surface area contributed by atoms with E-state index in [1.165, 1.54) is 16.7 Å². The van der Waals surface area contributed by atoms with Crippen LogP contribution >= 0.6 is 23.2 Å². The maximum absolute atomic E-state index is 9.86. The first-order chi connectivity index (χ1) is 18.6. The van der Waals surface area contributed by atoms with Crippen molar-refractivity contribution in [2.45, 2.75) is 37.1 Å². The lowest BCUT2D eigenvalue weighted by Crippen LogP contribution is -2.51. The third-order valence-corrected chi connectivity index (χ3v) is 8.77. The number of nitriles is 1. The summed E-state index contributed by atoms with van der Waals surface area (Å²) in [5, 5.41) is 10.9. The fourth-order valence-corrected chi connectivity index (χ4v) is 6.39. The van der Waals surface area contributed by atoms with Gasteiger partial charge in [-0.05, 0) is 79.1 Å². The highest BCUT2D eigenvalue weighted by atomic mass is 35.5. The maximum atomic E-state index is 9.86. The molecule has 1 aliphatic heterocycles. The number of hydrogen-bond acceptors (Lipinski definition) is 2. The molecule has 4 aromatic rings. The van der Waals surface area contributed by atoms with E-state index in [4.69, 9.17) is 23.2 Å². The molecule has 1 aliphatic rings. The molecule has 1 atom stereocenters. The molecule has 192 valence electrons. The van der Waals surface area contributed by atoms with E-state index in [1.807, 2.05) is 12.1 Å². The van der Waals surface area contributed by atoms with E-state index in [2.05, 4.69) is 102 Å². The number of rotatable bonds is 8. The molecule has 38 heavy (non-hydrogen) atoms. The summed E-state index contributed by atoms with van der Waals surface area (Å²) in [6.07, 6.45) is 4.07. The van der Waals surface area contributed by atoms with E-state index in [-0.39, 0.29) is 11.5 Å². The van der Waals surface area contributed by atoms with Crippen LogP contribution in [0.25, 0.3) is 0 Å². The fourth-order valence-electron chi connectivity index (χ4n) is 6.08. The van der Waals surface area contributed by atoms with E-state index in [1.54, 1.807) is 6.07 Å². The summed E-state index contributed by atoms with van der Waals surface area (Å²) >= 11 is 12.3. The molecule has 1 fully saturated rings. The van der Waals surface area contributed by atoms with Gasteiger partial charge in [0.05, 0.1) is 27.6 Å². The SMILES string of the molecule is N#CC(CCC1CCN(C(c2ccccc2)(c2ccccc2)c2ccccc2)CC1)c1ccc(Cl)c(Cl)c1. The van der Waals surface area contributed by atoms with Crippen LogP contribution in [0, 0.1) is 17.2 Å². The quantitative estimate of drug-likeness (QED) is 0.209. The van der Waals surface area contributed by atoms with Gasteiger partial charge in [-0.1, -0.05) is 120 Å². The van der Waals surface area contributed by atoms with Crippen LogP contribution in [-0.2, 0) is 5.54 Å². The van der Waals surface area contributed by atoms with Crippen LogP contribution < -0.4 is 0 Å². The van der Waals surface area contributed by atoms with Gasteiger partial charge in [0.25, 0.3) is 0 Å². The Morgan fingerprint density at radius 3 is 1.68 bits per heavy atom. The minimum Gasteiger partial charge on any atom is -0.286 e. The smallest absolute Gasteiger partial charge is 0.0972 e. The Labute approximate surface area is 236 Å². The molecule has 0 aliphatic carbocycles. The largest absolute Gasteiger partial charge is 0.286 e. The van der Waals surface area contributed by atoms with E-state index >= 15 is 0 Å². The summed E-state index contributed by atoms with van der Waals surface area (Å²) in [6, 6.07) is 40.8. The molecule has 1 heterocycles. The van der Waals surface area contributed by atoms with Crippen molar-refractivity contribution in [3.8, 4) is 6.07 Å². The molecule has 0 spiro atoms. The van der Waals surface area contributed by atoms with Crippen LogP contribution in [-0.4, -0.2) is 18.0 Å². The van der Waals surface area contributed by atoms with Crippen molar-refractivity contribution in [2.75, 3.05) is 13.1 Å². The Kier molecular flexibility index (Phi) is 8.50. The molecule has 1 unspecified atom stereocenters. The fraction of sp³-hybridized carbons (Fsp3) is 0.265. The van der Waals surface area contributed by atoms with Crippen LogP contribution in [0.5, 0.6) is 0 Å². The third-order valence-electron chi connectivity index (χ3n) is 8.03. The van der Waals surface area contributed by atoms with Crippen molar-refractivity contribution in [1.29, 1.82) is 5.26 Å². The second-order valence-electron chi connectivity index (χ2n) is 10.2. The Morgan fingerprint density at radius 1 is 0.737 bits per heavy atom. The number of benzene rings is 4. The van der Waals surface area contributed by atoms with Gasteiger partial charge in [-0.2, -0.15) is 5.26 Å². The van der Waals surface area contributed by atoms with Crippen molar-refractivity contribution in [2.24, 2.45) is 5.92 Å². The zero-order valence-corrected chi connectivity index (χ0v) is 23.0.